The molecule has 0 fully saturated rings. The van der Waals surface area contributed by atoms with Crippen molar-refractivity contribution >= 4 is 17.9 Å². The Balaban J connectivity index is -0.0000000720. The van der Waals surface area contributed by atoms with Gasteiger partial charge in [0, 0.05) is 24.8 Å². The van der Waals surface area contributed by atoms with E-state index in [0.29, 0.717) is 0 Å². The van der Waals surface area contributed by atoms with E-state index in [-0.39, 0.29) is 107 Å². The zero-order chi connectivity index (χ0) is 10.6. The molecule has 0 heterocycles. The summed E-state index contributed by atoms with van der Waals surface area (Å²) in [6.07, 6.45) is -2.72. The minimum Gasteiger partial charge on any atom is -1.00 e. The minimum absolute atomic E-state index is 0. The quantitative estimate of drug-likeness (QED) is 0.473. The average Bonchev–Trinajstić information content (AvgIpc) is 1.82. The summed E-state index contributed by atoms with van der Waals surface area (Å²) in [6.45, 7) is 0. The van der Waals surface area contributed by atoms with Crippen LogP contribution in [0.1, 0.15) is 12.8 Å². The molecule has 0 saturated heterocycles. The molecule has 0 aromatic carbocycles. The summed E-state index contributed by atoms with van der Waals surface area (Å²) >= 11 is 0. The minimum atomic E-state index is -2.97. The maximum Gasteiger partial charge on any atom is 1.00 e. The molecule has 0 rings (SSSR count). The van der Waals surface area contributed by atoms with Crippen LogP contribution in [0.5, 0.6) is 0 Å². The van der Waals surface area contributed by atoms with Gasteiger partial charge in [-0.25, -0.2) is 0 Å². The number of aliphatic hydroxyl groups is 1. The number of hydrogen-bond donors (Lipinski definition) is 2. The number of quaternary nitrogens is 1. The third-order valence-electron chi connectivity index (χ3n) is 1.25. The van der Waals surface area contributed by atoms with Gasteiger partial charge in [0.1, 0.15) is 5.60 Å². The fourth-order valence-electron chi connectivity index (χ4n) is 0.684. The van der Waals surface area contributed by atoms with Crippen molar-refractivity contribution in [3.63, 3.8) is 0 Å². The molecule has 0 aliphatic heterocycles. The van der Waals surface area contributed by atoms with Gasteiger partial charge in [0.2, 0.25) is 0 Å². The van der Waals surface area contributed by atoms with Crippen LogP contribution in [0, 0.1) is 0 Å². The van der Waals surface area contributed by atoms with Crippen molar-refractivity contribution in [2.45, 2.75) is 18.4 Å². The van der Waals surface area contributed by atoms with Crippen LogP contribution < -0.4 is 123 Å². The molecule has 0 amide bonds. The normalized spacial score (nSPS) is 7.83. The van der Waals surface area contributed by atoms with E-state index in [2.05, 4.69) is 0 Å². The first-order valence-electron chi connectivity index (χ1n) is 3.11. The van der Waals surface area contributed by atoms with Gasteiger partial charge < -0.3 is 53.4 Å². The molecule has 12 heteroatoms. The molecule has 8 nitrogen and oxygen atoms in total. The fourth-order valence-corrected chi connectivity index (χ4v) is 0.684. The monoisotopic (exact) mass is 311 g/mol. The van der Waals surface area contributed by atoms with Crippen molar-refractivity contribution in [1.82, 2.24) is 6.15 Å². The first kappa shape index (κ1) is 36.7. The summed E-state index contributed by atoms with van der Waals surface area (Å²) in [5, 5.41) is 38.9. The van der Waals surface area contributed by atoms with Crippen molar-refractivity contribution < 1.29 is 136 Å². The van der Waals surface area contributed by atoms with Gasteiger partial charge in [-0.1, -0.05) is 0 Å². The largest absolute Gasteiger partial charge is 1.00 e. The van der Waals surface area contributed by atoms with Crippen LogP contribution in [0.4, 0.5) is 0 Å². The van der Waals surface area contributed by atoms with Crippen molar-refractivity contribution in [3.8, 4) is 0 Å². The molecule has 0 bridgehead atoms. The van der Waals surface area contributed by atoms with Gasteiger partial charge in [0.05, 0.1) is 5.97 Å². The van der Waals surface area contributed by atoms with Gasteiger partial charge in [-0.05, 0) is 0 Å². The van der Waals surface area contributed by atoms with Crippen molar-refractivity contribution in [2.24, 2.45) is 0 Å². The number of carbonyl (C=O) groups excluding carboxylic acids is 3. The van der Waals surface area contributed by atoms with Gasteiger partial charge in [0.15, 0.2) is 0 Å². The van der Waals surface area contributed by atoms with Gasteiger partial charge in [-0.15, -0.1) is 0 Å². The van der Waals surface area contributed by atoms with Crippen LogP contribution in [-0.2, 0) is 14.4 Å². The summed E-state index contributed by atoms with van der Waals surface area (Å²) in [4.78, 5) is 30.0. The number of aliphatic carboxylic acids is 3. The molecule has 0 radical (unpaired) electrons. The van der Waals surface area contributed by atoms with Gasteiger partial charge in [-0.2, -0.15) is 0 Å². The summed E-state index contributed by atoms with van der Waals surface area (Å²) in [7, 11) is 0. The average molecular weight is 312 g/mol. The standard InChI is InChI=1S/C6H8O7.ClH.H3N.3Na/c7-3(8)1-6(13,5(11)12)2-4(9)10;;;;;/h13H,1-2H2,(H,7,8)(H,9,10)(H,11,12);1H;1H3;;;/q;;;3*+1/p-3. The number of carboxylic acids is 3. The predicted molar refractivity (Wildman–Crippen MR) is 35.2 cm³/mol. The SMILES string of the molecule is O=C([O-])CC(O)(CC(=O)[O-])C(=O)[O-].[Cl-].[NH4+].[Na+].[Na+].[Na+]. The van der Waals surface area contributed by atoms with E-state index < -0.39 is 36.4 Å². The molecular formula is C6H9ClNNa3O7. The second-order valence-electron chi connectivity index (χ2n) is 2.42. The zero-order valence-corrected chi connectivity index (χ0v) is 17.4. The Morgan fingerprint density at radius 1 is 0.889 bits per heavy atom. The number of carboxylic acid groups (broad SMARTS) is 3. The first-order chi connectivity index (χ1) is 5.78. The molecule has 0 atom stereocenters. The van der Waals surface area contributed by atoms with Gasteiger partial charge in [-0.3, -0.25) is 0 Å². The van der Waals surface area contributed by atoms with E-state index in [9.17, 15) is 29.7 Å². The Kier molecular flexibility index (Phi) is 34.0. The Hall–Kier alpha value is 1.62. The number of rotatable bonds is 5. The van der Waals surface area contributed by atoms with Crippen LogP contribution in [0.25, 0.3) is 0 Å². The predicted octanol–water partition coefficient (Wildman–Crippen LogP) is -16.9. The van der Waals surface area contributed by atoms with Crippen LogP contribution in [0.15, 0.2) is 0 Å². The molecule has 0 spiro atoms. The van der Waals surface area contributed by atoms with Crippen molar-refractivity contribution in [1.29, 1.82) is 0 Å². The molecule has 0 saturated carbocycles. The Morgan fingerprint density at radius 3 is 1.22 bits per heavy atom. The van der Waals surface area contributed by atoms with Crippen LogP contribution in [0.3, 0.4) is 0 Å². The molecule has 0 aromatic heterocycles. The van der Waals surface area contributed by atoms with Gasteiger partial charge in [0.25, 0.3) is 0 Å². The van der Waals surface area contributed by atoms with E-state index in [1.54, 1.807) is 0 Å². The van der Waals surface area contributed by atoms with E-state index in [1.807, 2.05) is 0 Å². The smallest absolute Gasteiger partial charge is 1.00 e. The third-order valence-corrected chi connectivity index (χ3v) is 1.25. The van der Waals surface area contributed by atoms with E-state index in [4.69, 9.17) is 5.11 Å². The summed E-state index contributed by atoms with van der Waals surface area (Å²) in [5.41, 5.74) is -2.97. The second kappa shape index (κ2) is 16.7. The first-order valence-corrected chi connectivity index (χ1v) is 3.11. The van der Waals surface area contributed by atoms with Crippen LogP contribution in [-0.4, -0.2) is 28.6 Å². The Bertz CT molecular complexity index is 250. The summed E-state index contributed by atoms with van der Waals surface area (Å²) < 4.78 is 0. The molecular weight excluding hydrogens is 302 g/mol. The number of hydrogen-bond acceptors (Lipinski definition) is 7. The molecule has 5 N–H and O–H groups in total. The van der Waals surface area contributed by atoms with Gasteiger partial charge >= 0.3 is 88.7 Å². The number of halogens is 1. The van der Waals surface area contributed by atoms with E-state index >= 15 is 0 Å². The molecule has 0 aromatic rings. The zero-order valence-electron chi connectivity index (χ0n) is 10.7. The molecule has 90 valence electrons. The fraction of sp³-hybridized carbons (Fsp3) is 0.500. The topological polar surface area (TPSA) is 177 Å². The summed E-state index contributed by atoms with van der Waals surface area (Å²) in [5.74, 6) is -5.98. The maximum absolute atomic E-state index is 10.1. The van der Waals surface area contributed by atoms with Crippen LogP contribution in [0.2, 0.25) is 0 Å². The third kappa shape index (κ3) is 15.7. The molecule has 0 unspecified atom stereocenters. The van der Waals surface area contributed by atoms with Crippen molar-refractivity contribution in [2.75, 3.05) is 0 Å². The maximum atomic E-state index is 10.1. The second-order valence-corrected chi connectivity index (χ2v) is 2.42. The molecule has 0 aliphatic carbocycles. The van der Waals surface area contributed by atoms with E-state index in [1.165, 1.54) is 0 Å². The molecule has 18 heavy (non-hydrogen) atoms. The Labute approximate surface area is 176 Å². The van der Waals surface area contributed by atoms with E-state index in [0.717, 1.165) is 0 Å². The summed E-state index contributed by atoms with van der Waals surface area (Å²) in [6, 6.07) is 0. The molecule has 0 aliphatic rings. The van der Waals surface area contributed by atoms with Crippen molar-refractivity contribution in [3.05, 3.63) is 0 Å². The number of carbonyl (C=O) groups is 3. The Morgan fingerprint density at radius 2 is 1.11 bits per heavy atom. The van der Waals surface area contributed by atoms with Crippen LogP contribution >= 0.6 is 0 Å².